The van der Waals surface area contributed by atoms with Gasteiger partial charge in [-0.2, -0.15) is 39.5 Å². The molecule has 3 N–H and O–H groups in total. The molecular weight excluding hydrogens is 1710 g/mol. The number of carbonyl (C=O) groups is 5. The number of likely N-dealkylation sites (tertiary alicyclic amines) is 4. The minimum atomic E-state index is -4.39. The third kappa shape index (κ3) is 19.3. The summed E-state index contributed by atoms with van der Waals surface area (Å²) in [5.41, 5.74) is 8.01. The molecule has 4 saturated heterocycles. The standard InChI is InChI=1S/C28H31N3O2.C26H32F3N3O2.C24H30F3N3O3.C24H30F3N3O2.3H2/c1-20-19-23(9-10-24(20)22-7-5-4-6-8-22)27(33)30-15-13-28(14-16-30)26-12-11-25(21(2)32)31(26)18-17-29(28)3;1-17-16-18(4-7-20(17)24(2,3)34)23(33)30-12-10-25(11-13-30)21-8-9-22(26(27,28)29)31(21)14-15-32(25)19-5-6-19;1-15(2)33-18-6-5-17(13-19(18)32-4)22(31)29-11-9-23(10-12-29)20-7-8-21(24(25,26)27)30(20)14-16(3)28-23;1-15(2)32-19-6-5-18(13-16(19)3)22(31)29-11-9-23(10-12-29)20-7-8-21(24(25,26)27)30(20)14-17(4)28-23;;;/h4-12,19H,13-18H2,1-3H3;4,7-9,16,19,34H,5-6,10-15H2,1-3H3;5-8,13,15-16,28H,9-12,14H2,1-4H3;5-8,13,15,17,28H,9-12,14H2,1-4H3;3*1H/t;;16-;17-;;;/m..01.../s1. The van der Waals surface area contributed by atoms with Crippen LogP contribution >= 0.6 is 0 Å². The number of piperidine rings is 4. The zero-order valence-electron chi connectivity index (χ0n) is 77.9. The summed E-state index contributed by atoms with van der Waals surface area (Å²) in [6.45, 7) is 30.0. The molecule has 5 fully saturated rings. The fourth-order valence-corrected chi connectivity index (χ4v) is 21.9. The Hall–Kier alpha value is -10.7. The molecule has 5 aromatic carbocycles. The Morgan fingerprint density at radius 2 is 0.841 bits per heavy atom. The molecule has 0 radical (unpaired) electrons. The van der Waals surface area contributed by atoms with Gasteiger partial charge in [0.25, 0.3) is 23.6 Å². The number of fused-ring (bicyclic) bond motifs is 8. The summed E-state index contributed by atoms with van der Waals surface area (Å²) in [4.78, 5) is 77.2. The van der Waals surface area contributed by atoms with E-state index >= 15 is 0 Å². The molecule has 4 amide bonds. The van der Waals surface area contributed by atoms with Crippen LogP contribution in [0.3, 0.4) is 0 Å². The van der Waals surface area contributed by atoms with E-state index < -0.39 is 57.8 Å². The van der Waals surface area contributed by atoms with Crippen molar-refractivity contribution in [1.82, 2.24) is 58.3 Å². The fourth-order valence-electron chi connectivity index (χ4n) is 21.9. The lowest BCUT2D eigenvalue weighted by molar-refractivity contribution is -0.145. The van der Waals surface area contributed by atoms with Gasteiger partial charge in [0.15, 0.2) is 17.3 Å². The van der Waals surface area contributed by atoms with E-state index in [4.69, 9.17) is 14.2 Å². The molecule has 2 atom stereocenters. The highest BCUT2D eigenvalue weighted by Crippen LogP contribution is 2.51. The molecular formula is C102H129F9N12O9. The van der Waals surface area contributed by atoms with Gasteiger partial charge in [-0.3, -0.25) is 33.8 Å². The highest BCUT2D eigenvalue weighted by Gasteiger charge is 2.54. The zero-order valence-corrected chi connectivity index (χ0v) is 77.9. The number of hydrogen-bond acceptors (Lipinski definition) is 13. The van der Waals surface area contributed by atoms with E-state index in [1.807, 2.05) is 120 Å². The van der Waals surface area contributed by atoms with Gasteiger partial charge in [0.1, 0.15) is 22.8 Å². The van der Waals surface area contributed by atoms with Crippen molar-refractivity contribution in [3.63, 3.8) is 0 Å². The normalized spacial score (nSPS) is 19.9. The number of alkyl halides is 9. The number of methoxy groups -OCH3 is 1. The summed E-state index contributed by atoms with van der Waals surface area (Å²) in [6.07, 6.45) is -5.74. The lowest BCUT2D eigenvalue weighted by atomic mass is 9.80. The van der Waals surface area contributed by atoms with Crippen LogP contribution in [0, 0.1) is 20.8 Å². The molecule has 4 aromatic heterocycles. The second-order valence-electron chi connectivity index (χ2n) is 38.5. The highest BCUT2D eigenvalue weighted by molar-refractivity contribution is 5.97. The Labute approximate surface area is 771 Å². The van der Waals surface area contributed by atoms with Crippen LogP contribution < -0.4 is 24.8 Å². The van der Waals surface area contributed by atoms with E-state index in [1.54, 1.807) is 85.2 Å². The van der Waals surface area contributed by atoms with Gasteiger partial charge < -0.3 is 67.8 Å². The quantitative estimate of drug-likeness (QED) is 0.0729. The molecule has 30 heteroatoms. The molecule has 4 spiro atoms. The van der Waals surface area contributed by atoms with E-state index in [2.05, 4.69) is 63.2 Å². The van der Waals surface area contributed by atoms with E-state index in [-0.39, 0.29) is 76.6 Å². The first-order valence-corrected chi connectivity index (χ1v) is 46.2. The molecule has 9 aromatic rings. The molecule has 8 aliphatic heterocycles. The SMILES string of the molecule is CC(=O)c1ccc2n1CCN(C)C21CCN(C(=O)c2ccc(-c3ccccc3)c(C)c2)CC1.COc1cc(C(=O)N2CCC3(CC2)N[C@@H](C)Cn2c(C(F)(F)F)ccc23)ccc1OC(C)C.Cc1cc(C(=O)N2CCC3(CC2)N[C@H](C)Cn2c(C(F)(F)F)ccc23)ccc1OC(C)C.Cc1cc(C(=O)N2CCC3(CC2)c2ccc(C(F)(F)F)n2CCN3C2CC2)ccc1C(C)(C)O.[HH].[HH].[HH]. The van der Waals surface area contributed by atoms with Crippen LogP contribution in [-0.2, 0) is 72.5 Å². The monoisotopic (exact) mass is 1840 g/mol. The maximum atomic E-state index is 13.6. The zero-order chi connectivity index (χ0) is 94.9. The fraction of sp³-hybridized carbons (Fsp3) is 0.500. The van der Waals surface area contributed by atoms with Crippen LogP contribution in [0.5, 0.6) is 17.2 Å². The van der Waals surface area contributed by atoms with E-state index in [1.165, 1.54) is 50.3 Å². The summed E-state index contributed by atoms with van der Waals surface area (Å²) in [6, 6.07) is 45.0. The number of nitrogens with one attached hydrogen (secondary N) is 2. The van der Waals surface area contributed by atoms with Gasteiger partial charge >= 0.3 is 18.5 Å². The number of halogens is 9. The Bertz CT molecular complexity index is 5740. The van der Waals surface area contributed by atoms with Gasteiger partial charge in [-0.1, -0.05) is 42.5 Å². The van der Waals surface area contributed by atoms with E-state index in [0.29, 0.717) is 150 Å². The number of hydrogen-bond donors (Lipinski definition) is 3. The lowest BCUT2D eigenvalue weighted by Gasteiger charge is -2.52. The van der Waals surface area contributed by atoms with Crippen molar-refractivity contribution in [2.24, 2.45) is 0 Å². The van der Waals surface area contributed by atoms with E-state index in [0.717, 1.165) is 89.3 Å². The first-order chi connectivity index (χ1) is 62.4. The number of ketones is 1. The number of benzene rings is 5. The van der Waals surface area contributed by atoms with Crippen molar-refractivity contribution in [3.8, 4) is 28.4 Å². The minimum Gasteiger partial charge on any atom is -0.493 e. The van der Waals surface area contributed by atoms with Crippen LogP contribution in [-0.4, -0.2) is 192 Å². The first-order valence-electron chi connectivity index (χ1n) is 46.2. The van der Waals surface area contributed by atoms with Crippen LogP contribution in [0.25, 0.3) is 11.1 Å². The topological polar surface area (TPSA) is 196 Å². The number of rotatable bonds is 13. The molecule has 132 heavy (non-hydrogen) atoms. The minimum absolute atomic E-state index is 0. The summed E-state index contributed by atoms with van der Waals surface area (Å²) in [5.74, 6) is 1.78. The first kappa shape index (κ1) is 95.9. The second-order valence-corrected chi connectivity index (χ2v) is 38.5. The number of aromatic nitrogens is 4. The molecule has 1 aliphatic carbocycles. The summed E-state index contributed by atoms with van der Waals surface area (Å²) in [5, 5.41) is 17.4. The summed E-state index contributed by atoms with van der Waals surface area (Å²) in [7, 11) is 3.70. The largest absolute Gasteiger partial charge is 0.493 e. The number of amides is 4. The van der Waals surface area contributed by atoms with Crippen LogP contribution in [0.2, 0.25) is 0 Å². The van der Waals surface area contributed by atoms with E-state index in [9.17, 15) is 68.6 Å². The van der Waals surface area contributed by atoms with Crippen molar-refractivity contribution in [1.29, 1.82) is 0 Å². The van der Waals surface area contributed by atoms with Crippen molar-refractivity contribution >= 4 is 29.4 Å². The average Bonchev–Trinajstić information content (AvgIpc) is 1.56. The van der Waals surface area contributed by atoms with Gasteiger partial charge in [-0.15, -0.1) is 0 Å². The Balaban J connectivity index is 0.000000161. The smallest absolute Gasteiger partial charge is 0.431 e. The maximum Gasteiger partial charge on any atom is 0.431 e. The van der Waals surface area contributed by atoms with Gasteiger partial charge in [0.05, 0.1) is 52.8 Å². The second kappa shape index (κ2) is 37.3. The Kier molecular flexibility index (Phi) is 27.1. The van der Waals surface area contributed by atoms with Crippen molar-refractivity contribution in [3.05, 3.63) is 242 Å². The predicted molar refractivity (Wildman–Crippen MR) is 493 cm³/mol. The van der Waals surface area contributed by atoms with Gasteiger partial charge in [-0.25, -0.2) is 0 Å². The van der Waals surface area contributed by atoms with Crippen LogP contribution in [0.4, 0.5) is 39.5 Å². The number of aryl methyl sites for hydroxylation is 3. The number of ether oxygens (including phenoxy) is 3. The number of carbonyl (C=O) groups excluding carboxylic acids is 5. The Morgan fingerprint density at radius 3 is 1.28 bits per heavy atom. The number of aliphatic hydroxyl groups is 1. The van der Waals surface area contributed by atoms with Gasteiger partial charge in [0.2, 0.25) is 0 Å². The summed E-state index contributed by atoms with van der Waals surface area (Å²) >= 11 is 0. The molecule has 18 rings (SSSR count). The van der Waals surface area contributed by atoms with Crippen LogP contribution in [0.1, 0.15) is 245 Å². The third-order valence-corrected chi connectivity index (χ3v) is 28.4. The molecule has 21 nitrogen and oxygen atoms in total. The van der Waals surface area contributed by atoms with Crippen LogP contribution in [0.15, 0.2) is 152 Å². The number of likely N-dealkylation sites (N-methyl/N-ethyl adjacent to an activating group) is 1. The number of Topliss-reactive ketones (excluding diaryl/α,β-unsaturated/α-hetero) is 1. The summed E-state index contributed by atoms with van der Waals surface area (Å²) < 4.78 is 145. The highest BCUT2D eigenvalue weighted by atomic mass is 19.4. The third-order valence-electron chi connectivity index (χ3n) is 28.4. The van der Waals surface area contributed by atoms with Crippen molar-refractivity contribution < 1.29 is 87.1 Å². The number of nitrogens with zero attached hydrogens (tertiary/aromatic N) is 10. The molecule has 0 unspecified atom stereocenters. The van der Waals surface area contributed by atoms with Crippen molar-refractivity contribution in [2.75, 3.05) is 79.6 Å². The maximum absolute atomic E-state index is 13.6. The lowest BCUT2D eigenvalue weighted by Crippen LogP contribution is -2.59. The molecule has 12 heterocycles. The predicted octanol–water partition coefficient (Wildman–Crippen LogP) is 19.3. The molecule has 9 aliphatic rings. The Morgan fingerprint density at radius 1 is 0.439 bits per heavy atom. The van der Waals surface area contributed by atoms with Gasteiger partial charge in [0, 0.05) is 166 Å². The van der Waals surface area contributed by atoms with Crippen molar-refractivity contribution in [2.45, 2.75) is 250 Å². The molecule has 714 valence electrons. The van der Waals surface area contributed by atoms with Gasteiger partial charge in [-0.05, 0) is 290 Å². The molecule has 1 saturated carbocycles. The molecule has 0 bridgehead atoms. The average molecular weight is 1840 g/mol.